The van der Waals surface area contributed by atoms with E-state index in [0.717, 1.165) is 32.0 Å². The molecule has 2 N–H and O–H groups in total. The molecule has 1 atom stereocenters. The topological polar surface area (TPSA) is 29.3 Å². The number of rotatable bonds is 9. The first kappa shape index (κ1) is 14.7. The van der Waals surface area contributed by atoms with Crippen molar-refractivity contribution in [3.8, 4) is 0 Å². The molecular weight excluding hydrogens is 228 g/mol. The number of hydrogen-bond acceptors (Lipinski definition) is 3. The molecule has 2 nitrogen and oxygen atoms in total. The van der Waals surface area contributed by atoms with Crippen LogP contribution in [-0.2, 0) is 6.54 Å². The van der Waals surface area contributed by atoms with Crippen LogP contribution in [0.5, 0.6) is 0 Å². The fourth-order valence-electron chi connectivity index (χ4n) is 2.06. The van der Waals surface area contributed by atoms with E-state index >= 15 is 0 Å². The summed E-state index contributed by atoms with van der Waals surface area (Å²) in [5, 5.41) is 2.16. The van der Waals surface area contributed by atoms with Gasteiger partial charge >= 0.3 is 0 Å². The highest BCUT2D eigenvalue weighted by Gasteiger charge is 2.06. The smallest absolute Gasteiger partial charge is 0.0327 e. The minimum Gasteiger partial charge on any atom is -0.330 e. The molecule has 98 valence electrons. The van der Waals surface area contributed by atoms with Gasteiger partial charge in [-0.25, -0.2) is 0 Å². The number of thiophene rings is 1. The fourth-order valence-corrected chi connectivity index (χ4v) is 2.81. The maximum Gasteiger partial charge on any atom is 0.0327 e. The van der Waals surface area contributed by atoms with Gasteiger partial charge < -0.3 is 5.73 Å². The van der Waals surface area contributed by atoms with Crippen molar-refractivity contribution in [2.45, 2.75) is 39.7 Å². The Morgan fingerprint density at radius 1 is 1.41 bits per heavy atom. The first-order valence-corrected chi connectivity index (χ1v) is 7.59. The monoisotopic (exact) mass is 254 g/mol. The van der Waals surface area contributed by atoms with E-state index in [1.165, 1.54) is 24.3 Å². The van der Waals surface area contributed by atoms with Crippen molar-refractivity contribution in [1.82, 2.24) is 4.90 Å². The van der Waals surface area contributed by atoms with E-state index in [1.807, 2.05) is 11.3 Å². The lowest BCUT2D eigenvalue weighted by Gasteiger charge is -2.20. The van der Waals surface area contributed by atoms with Crippen molar-refractivity contribution < 1.29 is 0 Å². The molecule has 0 aromatic carbocycles. The largest absolute Gasteiger partial charge is 0.330 e. The van der Waals surface area contributed by atoms with E-state index in [2.05, 4.69) is 36.3 Å². The normalized spacial score (nSPS) is 13.2. The van der Waals surface area contributed by atoms with Gasteiger partial charge in [0.25, 0.3) is 0 Å². The quantitative estimate of drug-likeness (QED) is 0.732. The molecule has 1 rings (SSSR count). The molecule has 1 heterocycles. The van der Waals surface area contributed by atoms with Crippen LogP contribution in [0.25, 0.3) is 0 Å². The minimum absolute atomic E-state index is 0.778. The third-order valence-electron chi connectivity index (χ3n) is 3.24. The van der Waals surface area contributed by atoms with Gasteiger partial charge in [0, 0.05) is 11.4 Å². The Kier molecular flexibility index (Phi) is 7.49. The second-order valence-electron chi connectivity index (χ2n) is 4.77. The average molecular weight is 254 g/mol. The molecule has 1 unspecified atom stereocenters. The third-order valence-corrected chi connectivity index (χ3v) is 4.10. The van der Waals surface area contributed by atoms with Gasteiger partial charge in [0.2, 0.25) is 0 Å². The summed E-state index contributed by atoms with van der Waals surface area (Å²) in [6.07, 6.45) is 3.76. The zero-order chi connectivity index (χ0) is 12.5. The first-order valence-electron chi connectivity index (χ1n) is 6.71. The van der Waals surface area contributed by atoms with E-state index in [0.29, 0.717) is 0 Å². The van der Waals surface area contributed by atoms with Crippen LogP contribution in [0.3, 0.4) is 0 Å². The van der Waals surface area contributed by atoms with E-state index in [9.17, 15) is 0 Å². The van der Waals surface area contributed by atoms with Crippen LogP contribution < -0.4 is 5.73 Å². The lowest BCUT2D eigenvalue weighted by molar-refractivity contribution is 0.268. The molecule has 0 spiro atoms. The molecule has 0 fully saturated rings. The Morgan fingerprint density at radius 3 is 2.82 bits per heavy atom. The van der Waals surface area contributed by atoms with Gasteiger partial charge in [0.1, 0.15) is 0 Å². The predicted octanol–water partition coefficient (Wildman–Crippen LogP) is 3.34. The summed E-state index contributed by atoms with van der Waals surface area (Å²) in [6.45, 7) is 8.85. The molecule has 0 aliphatic rings. The summed E-state index contributed by atoms with van der Waals surface area (Å²) in [4.78, 5) is 4.00. The fraction of sp³-hybridized carbons (Fsp3) is 0.714. The van der Waals surface area contributed by atoms with Gasteiger partial charge in [-0.2, -0.15) is 0 Å². The van der Waals surface area contributed by atoms with Crippen LogP contribution in [0.4, 0.5) is 0 Å². The van der Waals surface area contributed by atoms with Crippen molar-refractivity contribution in [3.05, 3.63) is 22.4 Å². The molecule has 0 saturated carbocycles. The van der Waals surface area contributed by atoms with Gasteiger partial charge in [-0.05, 0) is 56.3 Å². The third kappa shape index (κ3) is 6.20. The second-order valence-corrected chi connectivity index (χ2v) is 5.81. The van der Waals surface area contributed by atoms with Crippen molar-refractivity contribution in [3.63, 3.8) is 0 Å². The summed E-state index contributed by atoms with van der Waals surface area (Å²) < 4.78 is 0. The number of nitrogens with two attached hydrogens (primary N) is 1. The second kappa shape index (κ2) is 8.67. The van der Waals surface area contributed by atoms with Crippen molar-refractivity contribution in [2.24, 2.45) is 11.7 Å². The maximum absolute atomic E-state index is 5.57. The van der Waals surface area contributed by atoms with Crippen molar-refractivity contribution >= 4 is 11.3 Å². The summed E-state index contributed by atoms with van der Waals surface area (Å²) in [5.41, 5.74) is 5.57. The average Bonchev–Trinajstić information content (AvgIpc) is 2.81. The van der Waals surface area contributed by atoms with E-state index in [4.69, 9.17) is 5.73 Å². The van der Waals surface area contributed by atoms with Gasteiger partial charge in [-0.3, -0.25) is 4.90 Å². The number of hydrogen-bond donors (Lipinski definition) is 1. The summed E-state index contributed by atoms with van der Waals surface area (Å²) in [7, 11) is 0. The summed E-state index contributed by atoms with van der Waals surface area (Å²) in [6, 6.07) is 4.36. The molecular formula is C14H26N2S. The molecule has 1 aromatic heterocycles. The summed E-state index contributed by atoms with van der Waals surface area (Å²) in [5.74, 6) is 0.778. The van der Waals surface area contributed by atoms with Crippen LogP contribution >= 0.6 is 11.3 Å². The first-order chi connectivity index (χ1) is 8.26. The Hall–Kier alpha value is -0.380. The standard InChI is InChI=1S/C14H26N2S/c1-3-16(12-14-7-5-11-17-14)10-4-6-13(2)8-9-15/h5,7,11,13H,3-4,6,8-10,12,15H2,1-2H3. The van der Waals surface area contributed by atoms with Gasteiger partial charge in [-0.15, -0.1) is 11.3 Å². The Morgan fingerprint density at radius 2 is 2.24 bits per heavy atom. The van der Waals surface area contributed by atoms with Crippen molar-refractivity contribution in [2.75, 3.05) is 19.6 Å². The molecule has 1 aromatic rings. The van der Waals surface area contributed by atoms with E-state index < -0.39 is 0 Å². The Balaban J connectivity index is 2.18. The molecule has 17 heavy (non-hydrogen) atoms. The highest BCUT2D eigenvalue weighted by Crippen LogP contribution is 2.14. The van der Waals surface area contributed by atoms with Crippen LogP contribution in [0.2, 0.25) is 0 Å². The maximum atomic E-state index is 5.57. The lowest BCUT2D eigenvalue weighted by atomic mass is 10.0. The Bertz CT molecular complexity index is 272. The molecule has 3 heteroatoms. The minimum atomic E-state index is 0.778. The zero-order valence-corrected chi connectivity index (χ0v) is 12.0. The van der Waals surface area contributed by atoms with Gasteiger partial charge in [-0.1, -0.05) is 19.9 Å². The number of nitrogens with zero attached hydrogens (tertiary/aromatic N) is 1. The van der Waals surface area contributed by atoms with Crippen LogP contribution in [0.15, 0.2) is 17.5 Å². The molecule has 0 bridgehead atoms. The molecule has 0 saturated heterocycles. The SMILES string of the molecule is CCN(CCCC(C)CCN)Cc1cccs1. The van der Waals surface area contributed by atoms with Crippen LogP contribution in [0.1, 0.15) is 38.0 Å². The zero-order valence-electron chi connectivity index (χ0n) is 11.2. The van der Waals surface area contributed by atoms with Crippen molar-refractivity contribution in [1.29, 1.82) is 0 Å². The highest BCUT2D eigenvalue weighted by atomic mass is 32.1. The van der Waals surface area contributed by atoms with Gasteiger partial charge in [0.15, 0.2) is 0 Å². The summed E-state index contributed by atoms with van der Waals surface area (Å²) >= 11 is 1.86. The molecule has 0 amide bonds. The van der Waals surface area contributed by atoms with E-state index in [1.54, 1.807) is 0 Å². The molecule has 0 aliphatic carbocycles. The lowest BCUT2D eigenvalue weighted by Crippen LogP contribution is -2.24. The molecule has 0 radical (unpaired) electrons. The highest BCUT2D eigenvalue weighted by molar-refractivity contribution is 7.09. The Labute approximate surface area is 110 Å². The molecule has 0 aliphatic heterocycles. The van der Waals surface area contributed by atoms with Gasteiger partial charge in [0.05, 0.1) is 0 Å². The van der Waals surface area contributed by atoms with Crippen LogP contribution in [-0.4, -0.2) is 24.5 Å². The predicted molar refractivity (Wildman–Crippen MR) is 77.3 cm³/mol. The van der Waals surface area contributed by atoms with E-state index in [-0.39, 0.29) is 0 Å². The van der Waals surface area contributed by atoms with Crippen LogP contribution in [0, 0.1) is 5.92 Å².